The van der Waals surface area contributed by atoms with Gasteiger partial charge in [0.2, 0.25) is 0 Å². The monoisotopic (exact) mass is 235 g/mol. The zero-order valence-electron chi connectivity index (χ0n) is 10.2. The van der Waals surface area contributed by atoms with Crippen molar-refractivity contribution in [1.29, 1.82) is 5.26 Å². The second kappa shape index (κ2) is 5.29. The lowest BCUT2D eigenvalue weighted by atomic mass is 10.0. The zero-order valence-corrected chi connectivity index (χ0v) is 10.2. The van der Waals surface area contributed by atoms with Crippen LogP contribution in [0, 0.1) is 11.3 Å². The molecule has 0 N–H and O–H groups in total. The highest BCUT2D eigenvalue weighted by atomic mass is 16.1. The molecule has 0 aliphatic carbocycles. The molecule has 0 aliphatic heterocycles. The van der Waals surface area contributed by atoms with Gasteiger partial charge < -0.3 is 0 Å². The number of rotatable bonds is 3. The van der Waals surface area contributed by atoms with Gasteiger partial charge in [0.15, 0.2) is 5.78 Å². The number of carbonyl (C=O) groups excluding carboxylic acids is 1. The second-order valence-corrected chi connectivity index (χ2v) is 4.05. The summed E-state index contributed by atoms with van der Waals surface area (Å²) in [6.07, 6.45) is 2.01. The van der Waals surface area contributed by atoms with Crippen molar-refractivity contribution in [3.05, 3.63) is 53.6 Å². The summed E-state index contributed by atoms with van der Waals surface area (Å²) < 4.78 is 0. The van der Waals surface area contributed by atoms with Crippen LogP contribution >= 0.6 is 0 Å². The predicted octanol–water partition coefficient (Wildman–Crippen LogP) is 3.73. The first-order valence-electron chi connectivity index (χ1n) is 5.88. The summed E-state index contributed by atoms with van der Waals surface area (Å²) in [5, 5.41) is 11.2. The maximum atomic E-state index is 11.5. The number of hydrogen-bond donors (Lipinski definition) is 0. The largest absolute Gasteiger partial charge is 0.293 e. The van der Waals surface area contributed by atoms with Gasteiger partial charge in [0.25, 0.3) is 0 Å². The van der Waals surface area contributed by atoms with Crippen LogP contribution < -0.4 is 0 Å². The Morgan fingerprint density at radius 2 is 1.94 bits per heavy atom. The van der Waals surface area contributed by atoms with E-state index in [4.69, 9.17) is 5.26 Å². The summed E-state index contributed by atoms with van der Waals surface area (Å²) in [4.78, 5) is 11.5. The van der Waals surface area contributed by atoms with Crippen molar-refractivity contribution in [1.82, 2.24) is 0 Å². The first-order chi connectivity index (χ1) is 8.74. The second-order valence-electron chi connectivity index (χ2n) is 4.05. The van der Waals surface area contributed by atoms with E-state index in [0.29, 0.717) is 6.42 Å². The molecule has 2 aromatic rings. The maximum absolute atomic E-state index is 11.5. The molecule has 0 amide bonds. The minimum absolute atomic E-state index is 0.120. The van der Waals surface area contributed by atoms with E-state index in [9.17, 15) is 4.79 Å². The van der Waals surface area contributed by atoms with Crippen molar-refractivity contribution < 1.29 is 4.79 Å². The summed E-state index contributed by atoms with van der Waals surface area (Å²) >= 11 is 0. The van der Waals surface area contributed by atoms with Gasteiger partial charge in [-0.25, -0.2) is 0 Å². The van der Waals surface area contributed by atoms with Crippen LogP contribution in [0.5, 0.6) is 0 Å². The number of hydrogen-bond acceptors (Lipinski definition) is 2. The number of carbonyl (C=O) groups is 1. The smallest absolute Gasteiger partial charge is 0.173 e. The molecule has 88 valence electrons. The minimum atomic E-state index is -0.120. The van der Waals surface area contributed by atoms with E-state index in [1.807, 2.05) is 48.5 Å². The van der Waals surface area contributed by atoms with Gasteiger partial charge in [-0.15, -0.1) is 0 Å². The van der Waals surface area contributed by atoms with Crippen LogP contribution in [0.3, 0.4) is 0 Å². The van der Waals surface area contributed by atoms with Gasteiger partial charge in [-0.05, 0) is 28.5 Å². The number of benzene rings is 2. The van der Waals surface area contributed by atoms with Crippen LogP contribution in [0.25, 0.3) is 16.8 Å². The van der Waals surface area contributed by atoms with Gasteiger partial charge in [-0.2, -0.15) is 5.26 Å². The number of fused-ring (bicyclic) bond motifs is 1. The standard InChI is InChI=1S/C16H13NO/c1-2-16(18)15(11-17)10-12-7-8-13-5-3-4-6-14(13)9-12/h3-10H,2H2,1H3/b15-10+. The summed E-state index contributed by atoms with van der Waals surface area (Å²) in [6, 6.07) is 15.9. The number of Topliss-reactive ketones (excluding diaryl/α,β-unsaturated/α-hetero) is 1. The third-order valence-corrected chi connectivity index (χ3v) is 2.83. The maximum Gasteiger partial charge on any atom is 0.173 e. The topological polar surface area (TPSA) is 40.9 Å². The average Bonchev–Trinajstić information content (AvgIpc) is 2.43. The molecule has 2 aromatic carbocycles. The SMILES string of the molecule is CCC(=O)/C(C#N)=C/c1ccc2ccccc2c1. The van der Waals surface area contributed by atoms with E-state index in [0.717, 1.165) is 16.3 Å². The van der Waals surface area contributed by atoms with Crippen LogP contribution in [0.15, 0.2) is 48.0 Å². The number of nitriles is 1. The summed E-state index contributed by atoms with van der Waals surface area (Å²) in [6.45, 7) is 1.76. The third-order valence-electron chi connectivity index (χ3n) is 2.83. The number of allylic oxidation sites excluding steroid dienone is 1. The Kier molecular flexibility index (Phi) is 3.54. The van der Waals surface area contributed by atoms with Gasteiger partial charge in [0, 0.05) is 6.42 Å². The van der Waals surface area contributed by atoms with Crippen LogP contribution in [0.4, 0.5) is 0 Å². The van der Waals surface area contributed by atoms with E-state index in [2.05, 4.69) is 0 Å². The summed E-state index contributed by atoms with van der Waals surface area (Å²) in [5.41, 5.74) is 1.10. The van der Waals surface area contributed by atoms with Gasteiger partial charge >= 0.3 is 0 Å². The van der Waals surface area contributed by atoms with Crippen molar-refractivity contribution in [3.8, 4) is 6.07 Å². The molecule has 0 spiro atoms. The molecule has 2 rings (SSSR count). The quantitative estimate of drug-likeness (QED) is 0.600. The van der Waals surface area contributed by atoms with E-state index in [1.165, 1.54) is 0 Å². The number of ketones is 1. The first kappa shape index (κ1) is 12.1. The molecule has 18 heavy (non-hydrogen) atoms. The van der Waals surface area contributed by atoms with E-state index < -0.39 is 0 Å². The molecule has 0 atom stereocenters. The lowest BCUT2D eigenvalue weighted by Gasteiger charge is -2.00. The Morgan fingerprint density at radius 3 is 2.61 bits per heavy atom. The van der Waals surface area contributed by atoms with Gasteiger partial charge in [-0.1, -0.05) is 43.3 Å². The molecule has 0 unspecified atom stereocenters. The fourth-order valence-electron chi connectivity index (χ4n) is 1.83. The van der Waals surface area contributed by atoms with Crippen LogP contribution in [0.1, 0.15) is 18.9 Å². The molecule has 2 heteroatoms. The Labute approximate surface area is 106 Å². The molecular weight excluding hydrogens is 222 g/mol. The van der Waals surface area contributed by atoms with Crippen molar-refractivity contribution in [3.63, 3.8) is 0 Å². The fourth-order valence-corrected chi connectivity index (χ4v) is 1.83. The Bertz CT molecular complexity index is 662. The Balaban J connectivity index is 2.46. The molecule has 0 fully saturated rings. The van der Waals surface area contributed by atoms with Gasteiger partial charge in [0.1, 0.15) is 6.07 Å². The van der Waals surface area contributed by atoms with Crippen LogP contribution in [-0.4, -0.2) is 5.78 Å². The van der Waals surface area contributed by atoms with Gasteiger partial charge in [-0.3, -0.25) is 4.79 Å². The lowest BCUT2D eigenvalue weighted by molar-refractivity contribution is -0.114. The van der Waals surface area contributed by atoms with Crippen molar-refractivity contribution in [2.75, 3.05) is 0 Å². The first-order valence-corrected chi connectivity index (χ1v) is 5.88. The molecular formula is C16H13NO. The van der Waals surface area contributed by atoms with Crippen molar-refractivity contribution in [2.24, 2.45) is 0 Å². The fraction of sp³-hybridized carbons (Fsp3) is 0.125. The minimum Gasteiger partial charge on any atom is -0.293 e. The average molecular weight is 235 g/mol. The molecule has 0 saturated heterocycles. The zero-order chi connectivity index (χ0) is 13.0. The molecule has 0 saturated carbocycles. The highest BCUT2D eigenvalue weighted by Crippen LogP contribution is 2.17. The third kappa shape index (κ3) is 2.46. The predicted molar refractivity (Wildman–Crippen MR) is 72.8 cm³/mol. The Morgan fingerprint density at radius 1 is 1.22 bits per heavy atom. The lowest BCUT2D eigenvalue weighted by Crippen LogP contribution is -1.97. The molecule has 0 heterocycles. The molecule has 0 radical (unpaired) electrons. The van der Waals surface area contributed by atoms with Crippen molar-refractivity contribution in [2.45, 2.75) is 13.3 Å². The van der Waals surface area contributed by atoms with E-state index in [-0.39, 0.29) is 11.4 Å². The number of nitrogens with zero attached hydrogens (tertiary/aromatic N) is 1. The van der Waals surface area contributed by atoms with Crippen LogP contribution in [-0.2, 0) is 4.79 Å². The highest BCUT2D eigenvalue weighted by molar-refractivity contribution is 6.03. The molecule has 2 nitrogen and oxygen atoms in total. The molecule has 0 aromatic heterocycles. The molecule has 0 aliphatic rings. The van der Waals surface area contributed by atoms with E-state index >= 15 is 0 Å². The highest BCUT2D eigenvalue weighted by Gasteiger charge is 2.06. The Hall–Kier alpha value is -2.40. The van der Waals surface area contributed by atoms with E-state index in [1.54, 1.807) is 13.0 Å². The van der Waals surface area contributed by atoms with Gasteiger partial charge in [0.05, 0.1) is 5.57 Å². The molecule has 0 bridgehead atoms. The van der Waals surface area contributed by atoms with Crippen molar-refractivity contribution >= 4 is 22.6 Å². The normalized spacial score (nSPS) is 11.2. The summed E-state index contributed by atoms with van der Waals surface area (Å²) in [5.74, 6) is -0.120. The van der Waals surface area contributed by atoms with Crippen LogP contribution in [0.2, 0.25) is 0 Å². The summed E-state index contributed by atoms with van der Waals surface area (Å²) in [7, 11) is 0.